The number of hydrogen-bond acceptors (Lipinski definition) is 4. The van der Waals surface area contributed by atoms with Crippen LogP contribution in [0.15, 0.2) is 12.1 Å². The minimum atomic E-state index is 0.0773. The lowest BCUT2D eigenvalue weighted by molar-refractivity contribution is -0.122. The van der Waals surface area contributed by atoms with E-state index in [9.17, 15) is 4.79 Å². The molecule has 0 spiro atoms. The van der Waals surface area contributed by atoms with Crippen molar-refractivity contribution in [3.8, 4) is 0 Å². The van der Waals surface area contributed by atoms with Gasteiger partial charge in [-0.25, -0.2) is 0 Å². The molecule has 5 heteroatoms. The lowest BCUT2D eigenvalue weighted by atomic mass is 9.85. The van der Waals surface area contributed by atoms with E-state index < -0.39 is 0 Å². The van der Waals surface area contributed by atoms with Crippen molar-refractivity contribution in [3.63, 3.8) is 0 Å². The molecular formula is C12H16N4O. The van der Waals surface area contributed by atoms with Gasteiger partial charge in [-0.05, 0) is 37.8 Å². The van der Waals surface area contributed by atoms with E-state index in [1.165, 1.54) is 12.8 Å². The lowest BCUT2D eigenvalue weighted by Gasteiger charge is -2.23. The Morgan fingerprint density at radius 1 is 1.12 bits per heavy atom. The summed E-state index contributed by atoms with van der Waals surface area (Å²) in [6.07, 6.45) is 5.58. The van der Waals surface area contributed by atoms with E-state index >= 15 is 0 Å². The Morgan fingerprint density at radius 3 is 2.35 bits per heavy atom. The highest BCUT2D eigenvalue weighted by Gasteiger charge is 2.25. The molecule has 0 unspecified atom stereocenters. The second kappa shape index (κ2) is 4.31. The molecule has 17 heavy (non-hydrogen) atoms. The summed E-state index contributed by atoms with van der Waals surface area (Å²) >= 11 is 0. The van der Waals surface area contributed by atoms with Gasteiger partial charge >= 0.3 is 0 Å². The molecule has 0 atom stereocenters. The lowest BCUT2D eigenvalue weighted by Crippen LogP contribution is -2.28. The molecule has 5 nitrogen and oxygen atoms in total. The fraction of sp³-hybridized carbons (Fsp3) is 0.583. The highest BCUT2D eigenvalue weighted by atomic mass is 16.2. The van der Waals surface area contributed by atoms with Crippen LogP contribution >= 0.6 is 0 Å². The fourth-order valence-electron chi connectivity index (χ4n) is 1.81. The van der Waals surface area contributed by atoms with Crippen molar-refractivity contribution in [2.24, 2.45) is 5.92 Å². The van der Waals surface area contributed by atoms with E-state index in [0.29, 0.717) is 11.9 Å². The second-order valence-electron chi connectivity index (χ2n) is 4.84. The molecule has 2 aliphatic rings. The van der Waals surface area contributed by atoms with Crippen LogP contribution in [-0.2, 0) is 4.79 Å². The minimum Gasteiger partial charge on any atom is -0.366 e. The third kappa shape index (κ3) is 2.54. The Bertz CT molecular complexity index is 409. The minimum absolute atomic E-state index is 0.0773. The summed E-state index contributed by atoms with van der Waals surface area (Å²) in [5.74, 6) is 1.59. The maximum atomic E-state index is 11.7. The molecular weight excluding hydrogens is 216 g/mol. The van der Waals surface area contributed by atoms with Gasteiger partial charge in [-0.2, -0.15) is 0 Å². The third-order valence-electron chi connectivity index (χ3n) is 3.32. The predicted octanol–water partition coefficient (Wildman–Crippen LogP) is 1.79. The quantitative estimate of drug-likeness (QED) is 0.830. The van der Waals surface area contributed by atoms with Gasteiger partial charge in [0.1, 0.15) is 5.82 Å². The Labute approximate surface area is 100 Å². The number of nitrogens with zero attached hydrogens (tertiary/aromatic N) is 2. The summed E-state index contributed by atoms with van der Waals surface area (Å²) in [4.78, 5) is 11.7. The molecule has 0 saturated heterocycles. The summed E-state index contributed by atoms with van der Waals surface area (Å²) in [6, 6.07) is 4.23. The van der Waals surface area contributed by atoms with Crippen molar-refractivity contribution in [2.75, 3.05) is 10.6 Å². The van der Waals surface area contributed by atoms with Crippen LogP contribution in [0.2, 0.25) is 0 Å². The first kappa shape index (κ1) is 10.5. The summed E-state index contributed by atoms with van der Waals surface area (Å²) in [6.45, 7) is 0. The largest absolute Gasteiger partial charge is 0.366 e. The normalized spacial score (nSPS) is 19.5. The Morgan fingerprint density at radius 2 is 1.82 bits per heavy atom. The van der Waals surface area contributed by atoms with Gasteiger partial charge in [0.05, 0.1) is 0 Å². The van der Waals surface area contributed by atoms with Crippen LogP contribution in [0.3, 0.4) is 0 Å². The van der Waals surface area contributed by atoms with Crippen molar-refractivity contribution < 1.29 is 4.79 Å². The Hall–Kier alpha value is -1.65. The van der Waals surface area contributed by atoms with E-state index in [0.717, 1.165) is 25.1 Å². The fourth-order valence-corrected chi connectivity index (χ4v) is 1.81. The second-order valence-corrected chi connectivity index (χ2v) is 4.84. The summed E-state index contributed by atoms with van der Waals surface area (Å²) < 4.78 is 0. The van der Waals surface area contributed by atoms with E-state index in [2.05, 4.69) is 20.8 Å². The van der Waals surface area contributed by atoms with Gasteiger partial charge in [0, 0.05) is 12.0 Å². The number of nitrogens with one attached hydrogen (secondary N) is 2. The molecule has 1 aromatic heterocycles. The first-order chi connectivity index (χ1) is 8.31. The van der Waals surface area contributed by atoms with Crippen LogP contribution in [0, 0.1) is 5.92 Å². The van der Waals surface area contributed by atoms with Crippen LogP contribution in [0.5, 0.6) is 0 Å². The highest BCUT2D eigenvalue weighted by Crippen LogP contribution is 2.27. The van der Waals surface area contributed by atoms with E-state index in [4.69, 9.17) is 0 Å². The molecule has 0 aliphatic heterocycles. The van der Waals surface area contributed by atoms with Crippen LogP contribution < -0.4 is 10.6 Å². The number of carbonyl (C=O) groups is 1. The van der Waals surface area contributed by atoms with Crippen molar-refractivity contribution in [1.29, 1.82) is 0 Å². The zero-order valence-corrected chi connectivity index (χ0v) is 9.65. The summed E-state index contributed by atoms with van der Waals surface area (Å²) in [7, 11) is 0. The monoisotopic (exact) mass is 232 g/mol. The average Bonchev–Trinajstić information content (AvgIpc) is 3.02. The van der Waals surface area contributed by atoms with E-state index in [-0.39, 0.29) is 11.8 Å². The molecule has 90 valence electrons. The number of rotatable bonds is 4. The third-order valence-corrected chi connectivity index (χ3v) is 3.32. The van der Waals surface area contributed by atoms with Crippen molar-refractivity contribution in [3.05, 3.63) is 12.1 Å². The zero-order valence-electron chi connectivity index (χ0n) is 9.65. The molecule has 0 bridgehead atoms. The zero-order chi connectivity index (χ0) is 11.7. The van der Waals surface area contributed by atoms with Crippen LogP contribution in [0.1, 0.15) is 32.1 Å². The van der Waals surface area contributed by atoms with Gasteiger partial charge in [0.25, 0.3) is 0 Å². The summed E-state index contributed by atoms with van der Waals surface area (Å²) in [5.41, 5.74) is 0. The molecule has 2 N–H and O–H groups in total. The maximum absolute atomic E-state index is 11.7. The average molecular weight is 232 g/mol. The van der Waals surface area contributed by atoms with Crippen LogP contribution in [0.25, 0.3) is 0 Å². The van der Waals surface area contributed by atoms with Gasteiger partial charge in [0.15, 0.2) is 5.82 Å². The predicted molar refractivity (Wildman–Crippen MR) is 64.6 cm³/mol. The van der Waals surface area contributed by atoms with Crippen molar-refractivity contribution in [1.82, 2.24) is 10.2 Å². The van der Waals surface area contributed by atoms with Gasteiger partial charge in [-0.1, -0.05) is 6.42 Å². The topological polar surface area (TPSA) is 66.9 Å². The molecule has 3 rings (SSSR count). The van der Waals surface area contributed by atoms with Gasteiger partial charge in [-0.15, -0.1) is 10.2 Å². The van der Waals surface area contributed by atoms with Gasteiger partial charge < -0.3 is 10.6 Å². The van der Waals surface area contributed by atoms with E-state index in [1.54, 1.807) is 6.07 Å². The first-order valence-electron chi connectivity index (χ1n) is 6.22. The number of hydrogen-bond donors (Lipinski definition) is 2. The first-order valence-corrected chi connectivity index (χ1v) is 6.22. The number of aromatic nitrogens is 2. The Kier molecular flexibility index (Phi) is 2.66. The van der Waals surface area contributed by atoms with Crippen molar-refractivity contribution in [2.45, 2.75) is 38.1 Å². The van der Waals surface area contributed by atoms with E-state index in [1.807, 2.05) is 6.07 Å². The molecule has 2 aliphatic carbocycles. The molecule has 1 aromatic rings. The van der Waals surface area contributed by atoms with Crippen LogP contribution in [-0.4, -0.2) is 22.1 Å². The molecule has 2 saturated carbocycles. The molecule has 0 aromatic carbocycles. The number of carbonyl (C=O) groups excluding carboxylic acids is 1. The number of amides is 1. The van der Waals surface area contributed by atoms with Crippen LogP contribution in [0.4, 0.5) is 11.6 Å². The maximum Gasteiger partial charge on any atom is 0.228 e. The Balaban J connectivity index is 1.56. The SMILES string of the molecule is O=C(Nc1ccc(NC2CC2)nn1)C1CCC1. The van der Waals surface area contributed by atoms with Gasteiger partial charge in [-0.3, -0.25) is 4.79 Å². The number of anilines is 2. The molecule has 1 amide bonds. The van der Waals surface area contributed by atoms with Crippen molar-refractivity contribution >= 4 is 17.5 Å². The molecule has 0 radical (unpaired) electrons. The molecule has 2 fully saturated rings. The van der Waals surface area contributed by atoms with Gasteiger partial charge in [0.2, 0.25) is 5.91 Å². The highest BCUT2D eigenvalue weighted by molar-refractivity contribution is 5.92. The summed E-state index contributed by atoms with van der Waals surface area (Å²) in [5, 5.41) is 14.1. The molecule has 1 heterocycles. The smallest absolute Gasteiger partial charge is 0.228 e. The standard InChI is InChI=1S/C12H16N4O/c17-12(8-2-1-3-8)14-11-7-6-10(15-16-11)13-9-4-5-9/h6-9H,1-5H2,(H,13,15)(H,14,16,17).